The average molecular weight is 400 g/mol. The third kappa shape index (κ3) is 2.24. The highest BCUT2D eigenvalue weighted by Crippen LogP contribution is 2.47. The minimum atomic E-state index is -0.692. The van der Waals surface area contributed by atoms with E-state index < -0.39 is 17.2 Å². The number of benzene rings is 2. The number of hydrogen-bond donors (Lipinski definition) is 1. The predicted molar refractivity (Wildman–Crippen MR) is 112 cm³/mol. The molecule has 0 amide bonds. The van der Waals surface area contributed by atoms with Gasteiger partial charge in [0.25, 0.3) is 5.56 Å². The third-order valence-electron chi connectivity index (χ3n) is 5.81. The van der Waals surface area contributed by atoms with E-state index in [1.54, 1.807) is 43.4 Å². The molecule has 2 aromatic carbocycles. The van der Waals surface area contributed by atoms with E-state index in [-0.39, 0.29) is 11.5 Å². The van der Waals surface area contributed by atoms with Gasteiger partial charge in [0, 0.05) is 36.7 Å². The van der Waals surface area contributed by atoms with Gasteiger partial charge in [-0.25, -0.2) is 4.79 Å². The highest BCUT2D eigenvalue weighted by atomic mass is 16.3. The van der Waals surface area contributed by atoms with Crippen LogP contribution in [0.2, 0.25) is 0 Å². The summed E-state index contributed by atoms with van der Waals surface area (Å²) in [5.74, 6) is -0.506. The molecule has 1 aliphatic carbocycles. The number of anilines is 1. The summed E-state index contributed by atoms with van der Waals surface area (Å²) in [6.07, 6.45) is 0. The Balaban J connectivity index is 1.87. The number of nitrogens with one attached hydrogen (secondary N) is 1. The van der Waals surface area contributed by atoms with E-state index in [0.29, 0.717) is 33.8 Å². The van der Waals surface area contributed by atoms with Gasteiger partial charge in [-0.2, -0.15) is 0 Å². The zero-order valence-electron chi connectivity index (χ0n) is 16.2. The van der Waals surface area contributed by atoms with E-state index in [1.165, 1.54) is 11.6 Å². The molecule has 0 bridgehead atoms. The van der Waals surface area contributed by atoms with Crippen molar-refractivity contribution in [2.45, 2.75) is 5.92 Å². The van der Waals surface area contributed by atoms with E-state index >= 15 is 0 Å². The third-order valence-corrected chi connectivity index (χ3v) is 5.81. The minimum Gasteiger partial charge on any atom is -0.340 e. The first kappa shape index (κ1) is 18.0. The number of aromatic nitrogens is 2. The standard InChI is InChI=1S/C22H16N4O4/c1-25-20-17(21(28)26(2)22(25)29)15(11-7-9-12(24-30)10-8-11)16-18(23-20)13-5-3-4-6-14(13)19(16)27/h3-10,15,23H,1-2H3. The van der Waals surface area contributed by atoms with Gasteiger partial charge in [-0.15, -0.1) is 4.91 Å². The molecule has 0 fully saturated rings. The van der Waals surface area contributed by atoms with Gasteiger partial charge in [-0.1, -0.05) is 36.4 Å². The van der Waals surface area contributed by atoms with Crippen LogP contribution >= 0.6 is 0 Å². The lowest BCUT2D eigenvalue weighted by Crippen LogP contribution is -2.42. The molecule has 1 aliphatic heterocycles. The number of carbonyl (C=O) groups excluding carboxylic acids is 1. The smallest absolute Gasteiger partial charge is 0.332 e. The molecule has 0 saturated carbocycles. The predicted octanol–water partition coefficient (Wildman–Crippen LogP) is 2.65. The second-order valence-corrected chi connectivity index (χ2v) is 7.37. The number of fused-ring (bicyclic) bond motifs is 3. The van der Waals surface area contributed by atoms with E-state index in [9.17, 15) is 19.3 Å². The van der Waals surface area contributed by atoms with Crippen LogP contribution in [-0.2, 0) is 14.1 Å². The van der Waals surface area contributed by atoms with Gasteiger partial charge >= 0.3 is 5.69 Å². The Morgan fingerprint density at radius 3 is 2.23 bits per heavy atom. The van der Waals surface area contributed by atoms with Gasteiger partial charge in [0.1, 0.15) is 11.5 Å². The lowest BCUT2D eigenvalue weighted by Gasteiger charge is -2.29. The summed E-state index contributed by atoms with van der Waals surface area (Å²) in [4.78, 5) is 49.9. The molecule has 5 rings (SSSR count). The summed E-state index contributed by atoms with van der Waals surface area (Å²) in [5, 5.41) is 6.10. The van der Waals surface area contributed by atoms with Crippen molar-refractivity contribution in [1.82, 2.24) is 9.13 Å². The molecule has 1 unspecified atom stereocenters. The monoisotopic (exact) mass is 400 g/mol. The maximum absolute atomic E-state index is 13.4. The molecule has 0 spiro atoms. The van der Waals surface area contributed by atoms with Gasteiger partial charge in [0.05, 0.1) is 11.3 Å². The average Bonchev–Trinajstić information content (AvgIpc) is 3.07. The first-order valence-electron chi connectivity index (χ1n) is 9.32. The molecular weight excluding hydrogens is 384 g/mol. The first-order chi connectivity index (χ1) is 14.4. The molecule has 30 heavy (non-hydrogen) atoms. The number of Topliss-reactive ketones (excluding diaryl/α,β-unsaturated/α-hetero) is 1. The Morgan fingerprint density at radius 1 is 0.900 bits per heavy atom. The second-order valence-electron chi connectivity index (χ2n) is 7.37. The fourth-order valence-electron chi connectivity index (χ4n) is 4.32. The van der Waals surface area contributed by atoms with Crippen molar-refractivity contribution in [3.05, 3.63) is 102 Å². The summed E-state index contributed by atoms with van der Waals surface area (Å²) < 4.78 is 2.41. The minimum absolute atomic E-state index is 0.169. The Morgan fingerprint density at radius 2 is 1.57 bits per heavy atom. The van der Waals surface area contributed by atoms with Crippen LogP contribution in [0.3, 0.4) is 0 Å². The number of allylic oxidation sites excluding steroid dienone is 1. The highest BCUT2D eigenvalue weighted by molar-refractivity contribution is 6.23. The number of nitrogens with zero attached hydrogens (tertiary/aromatic N) is 3. The number of nitroso groups, excluding NO2 is 1. The molecule has 2 aliphatic rings. The Bertz CT molecular complexity index is 1410. The van der Waals surface area contributed by atoms with Gasteiger partial charge < -0.3 is 5.32 Å². The number of rotatable bonds is 2. The van der Waals surface area contributed by atoms with Crippen molar-refractivity contribution in [1.29, 1.82) is 0 Å². The van der Waals surface area contributed by atoms with Crippen LogP contribution in [0.1, 0.15) is 33.0 Å². The topological polar surface area (TPSA) is 103 Å². The fraction of sp³-hybridized carbons (Fsp3) is 0.136. The Hall–Kier alpha value is -4.07. The van der Waals surface area contributed by atoms with Crippen LogP contribution in [0.25, 0.3) is 5.70 Å². The molecule has 0 saturated heterocycles. The van der Waals surface area contributed by atoms with Gasteiger partial charge in [-0.05, 0) is 22.9 Å². The van der Waals surface area contributed by atoms with E-state index in [0.717, 1.165) is 10.1 Å². The van der Waals surface area contributed by atoms with Crippen LogP contribution in [0.4, 0.5) is 11.5 Å². The van der Waals surface area contributed by atoms with Gasteiger partial charge in [-0.3, -0.25) is 18.7 Å². The zero-order chi connectivity index (χ0) is 21.2. The van der Waals surface area contributed by atoms with Crippen LogP contribution < -0.4 is 16.6 Å². The van der Waals surface area contributed by atoms with Crippen molar-refractivity contribution >= 4 is 23.0 Å². The SMILES string of the molecule is Cn1c2c(c(=O)n(C)c1=O)C(c1ccc(N=O)cc1)C1=C(N2)c2ccccc2C1=O. The van der Waals surface area contributed by atoms with E-state index in [1.807, 2.05) is 12.1 Å². The lowest BCUT2D eigenvalue weighted by molar-refractivity contribution is 0.103. The maximum Gasteiger partial charge on any atom is 0.332 e. The molecule has 1 N–H and O–H groups in total. The molecule has 0 radical (unpaired) electrons. The Kier molecular flexibility index (Phi) is 3.73. The van der Waals surface area contributed by atoms with Crippen molar-refractivity contribution in [3.8, 4) is 0 Å². The molecule has 3 aromatic rings. The van der Waals surface area contributed by atoms with Gasteiger partial charge in [0.2, 0.25) is 0 Å². The summed E-state index contributed by atoms with van der Waals surface area (Å²) in [5.41, 5.74) is 2.59. The molecule has 2 heterocycles. The Labute approximate surface area is 170 Å². The molecular formula is C22H16N4O4. The normalized spacial score (nSPS) is 16.6. The number of hydrogen-bond acceptors (Lipinski definition) is 6. The molecule has 148 valence electrons. The zero-order valence-corrected chi connectivity index (χ0v) is 16.2. The van der Waals surface area contributed by atoms with Crippen molar-refractivity contribution < 1.29 is 4.79 Å². The van der Waals surface area contributed by atoms with Crippen LogP contribution in [0.5, 0.6) is 0 Å². The van der Waals surface area contributed by atoms with Gasteiger partial charge in [0.15, 0.2) is 5.78 Å². The summed E-state index contributed by atoms with van der Waals surface area (Å²) >= 11 is 0. The first-order valence-corrected chi connectivity index (χ1v) is 9.32. The van der Waals surface area contributed by atoms with Crippen LogP contribution in [0, 0.1) is 4.91 Å². The molecule has 8 nitrogen and oxygen atoms in total. The largest absolute Gasteiger partial charge is 0.340 e. The second kappa shape index (κ2) is 6.21. The molecule has 1 atom stereocenters. The number of ketones is 1. The lowest BCUT2D eigenvalue weighted by atomic mass is 9.81. The summed E-state index contributed by atoms with van der Waals surface area (Å²) in [6, 6.07) is 13.7. The van der Waals surface area contributed by atoms with Crippen LogP contribution in [-0.4, -0.2) is 14.9 Å². The van der Waals surface area contributed by atoms with Crippen molar-refractivity contribution in [3.63, 3.8) is 0 Å². The summed E-state index contributed by atoms with van der Waals surface area (Å²) in [7, 11) is 2.99. The highest BCUT2D eigenvalue weighted by Gasteiger charge is 2.42. The quantitative estimate of drug-likeness (QED) is 0.666. The molecule has 1 aromatic heterocycles. The fourth-order valence-corrected chi connectivity index (χ4v) is 4.32. The molecule has 8 heteroatoms. The van der Waals surface area contributed by atoms with Crippen LogP contribution in [0.15, 0.2) is 68.9 Å². The van der Waals surface area contributed by atoms with E-state index in [2.05, 4.69) is 10.5 Å². The number of carbonyl (C=O) groups is 1. The maximum atomic E-state index is 13.4. The summed E-state index contributed by atoms with van der Waals surface area (Å²) in [6.45, 7) is 0. The van der Waals surface area contributed by atoms with Crippen molar-refractivity contribution in [2.24, 2.45) is 19.3 Å². The van der Waals surface area contributed by atoms with E-state index in [4.69, 9.17) is 0 Å². The van der Waals surface area contributed by atoms with Crippen molar-refractivity contribution in [2.75, 3.05) is 5.32 Å².